The Bertz CT molecular complexity index is 506. The molecule has 3 rings (SSSR count). The van der Waals surface area contributed by atoms with Crippen molar-refractivity contribution in [3.05, 3.63) is 24.3 Å². The predicted molar refractivity (Wildman–Crippen MR) is 91.7 cm³/mol. The number of hydrogen-bond acceptors (Lipinski definition) is 6. The molecule has 1 fully saturated rings. The van der Waals surface area contributed by atoms with Crippen molar-refractivity contribution in [3.8, 4) is 11.5 Å². The van der Waals surface area contributed by atoms with Gasteiger partial charge in [-0.05, 0) is 18.7 Å². The summed E-state index contributed by atoms with van der Waals surface area (Å²) in [7, 11) is 0. The molecule has 2 atom stereocenters. The summed E-state index contributed by atoms with van der Waals surface area (Å²) < 4.78 is 17.1. The highest BCUT2D eigenvalue weighted by Gasteiger charge is 2.22. The van der Waals surface area contributed by atoms with E-state index in [9.17, 15) is 5.11 Å². The Morgan fingerprint density at radius 2 is 1.88 bits per heavy atom. The summed E-state index contributed by atoms with van der Waals surface area (Å²) in [4.78, 5) is 4.73. The number of fused-ring (bicyclic) bond motifs is 1. The van der Waals surface area contributed by atoms with Crippen molar-refractivity contribution >= 4 is 0 Å². The van der Waals surface area contributed by atoms with Crippen LogP contribution < -0.4 is 9.47 Å². The molecule has 0 radical (unpaired) electrons. The number of aliphatic hydroxyl groups excluding tert-OH is 1. The topological polar surface area (TPSA) is 54.4 Å². The molecule has 0 spiro atoms. The van der Waals surface area contributed by atoms with E-state index in [0.29, 0.717) is 26.4 Å². The molecule has 24 heavy (non-hydrogen) atoms. The standard InChI is InChI=1S/C18H28N2O4/c1-2-19-7-9-20(10-8-19)11-15(21)12-22-13-16-14-23-17-5-3-4-6-18(17)24-16/h3-6,15-16,21H,2,7-14H2,1H3/t15-,16-/m0/s1. The third-order valence-electron chi connectivity index (χ3n) is 4.56. The molecule has 2 aliphatic rings. The highest BCUT2D eigenvalue weighted by molar-refractivity contribution is 5.40. The van der Waals surface area contributed by atoms with Gasteiger partial charge in [0.15, 0.2) is 17.6 Å². The maximum atomic E-state index is 10.2. The minimum atomic E-state index is -0.463. The van der Waals surface area contributed by atoms with Gasteiger partial charge >= 0.3 is 0 Å². The van der Waals surface area contributed by atoms with E-state index in [0.717, 1.165) is 44.2 Å². The van der Waals surface area contributed by atoms with Gasteiger partial charge in [-0.2, -0.15) is 0 Å². The van der Waals surface area contributed by atoms with Gasteiger partial charge < -0.3 is 24.2 Å². The summed E-state index contributed by atoms with van der Waals surface area (Å²) >= 11 is 0. The second-order valence-electron chi connectivity index (χ2n) is 6.42. The van der Waals surface area contributed by atoms with E-state index in [1.807, 2.05) is 24.3 Å². The highest BCUT2D eigenvalue weighted by Crippen LogP contribution is 2.30. The molecule has 0 unspecified atom stereocenters. The zero-order valence-electron chi connectivity index (χ0n) is 14.4. The number of piperazine rings is 1. The van der Waals surface area contributed by atoms with E-state index in [1.165, 1.54) is 0 Å². The number of rotatable bonds is 7. The molecule has 1 N–H and O–H groups in total. The monoisotopic (exact) mass is 336 g/mol. The van der Waals surface area contributed by atoms with Crippen LogP contribution >= 0.6 is 0 Å². The van der Waals surface area contributed by atoms with Gasteiger partial charge in [0.05, 0.1) is 19.3 Å². The Kier molecular flexibility index (Phi) is 6.31. The van der Waals surface area contributed by atoms with Crippen LogP contribution in [-0.4, -0.2) is 86.2 Å². The van der Waals surface area contributed by atoms with Crippen molar-refractivity contribution in [2.45, 2.75) is 19.1 Å². The largest absolute Gasteiger partial charge is 0.486 e. The highest BCUT2D eigenvalue weighted by atomic mass is 16.6. The van der Waals surface area contributed by atoms with Crippen LogP contribution in [0.25, 0.3) is 0 Å². The van der Waals surface area contributed by atoms with Gasteiger partial charge in [-0.3, -0.25) is 4.90 Å². The lowest BCUT2D eigenvalue weighted by atomic mass is 10.2. The van der Waals surface area contributed by atoms with Gasteiger partial charge in [-0.1, -0.05) is 19.1 Å². The Hall–Kier alpha value is -1.34. The zero-order valence-corrected chi connectivity index (χ0v) is 14.4. The molecule has 6 heteroatoms. The van der Waals surface area contributed by atoms with E-state index in [-0.39, 0.29) is 6.10 Å². The molecule has 0 aliphatic carbocycles. The number of hydrogen-bond donors (Lipinski definition) is 1. The van der Waals surface area contributed by atoms with Crippen LogP contribution in [0, 0.1) is 0 Å². The summed E-state index contributed by atoms with van der Waals surface area (Å²) in [5.74, 6) is 1.53. The lowest BCUT2D eigenvalue weighted by molar-refractivity contribution is -0.0319. The quantitative estimate of drug-likeness (QED) is 0.796. The number of β-amino-alcohol motifs (C(OH)–C–C–N with tert-alkyl or cyclic N) is 1. The molecule has 134 valence electrons. The first-order valence-corrected chi connectivity index (χ1v) is 8.83. The number of likely N-dealkylation sites (N-methyl/N-ethyl adjacent to an activating group) is 1. The average Bonchev–Trinajstić information content (AvgIpc) is 2.62. The molecule has 6 nitrogen and oxygen atoms in total. The summed E-state index contributed by atoms with van der Waals surface area (Å²) in [5.41, 5.74) is 0. The molecule has 1 aromatic rings. The minimum Gasteiger partial charge on any atom is -0.486 e. The van der Waals surface area contributed by atoms with Crippen molar-refractivity contribution in [1.29, 1.82) is 0 Å². The fourth-order valence-corrected chi connectivity index (χ4v) is 3.12. The fraction of sp³-hybridized carbons (Fsp3) is 0.667. The average molecular weight is 336 g/mol. The second kappa shape index (κ2) is 8.67. The predicted octanol–water partition coefficient (Wildman–Crippen LogP) is 0.841. The third-order valence-corrected chi connectivity index (χ3v) is 4.56. The lowest BCUT2D eigenvalue weighted by Gasteiger charge is -2.35. The van der Waals surface area contributed by atoms with Crippen molar-refractivity contribution in [3.63, 3.8) is 0 Å². The van der Waals surface area contributed by atoms with Crippen LogP contribution in [0.5, 0.6) is 11.5 Å². The first kappa shape index (κ1) is 17.5. The molecular weight excluding hydrogens is 308 g/mol. The molecule has 2 aliphatic heterocycles. The second-order valence-corrected chi connectivity index (χ2v) is 6.42. The number of para-hydroxylation sites is 2. The van der Waals surface area contributed by atoms with E-state index >= 15 is 0 Å². The minimum absolute atomic E-state index is 0.125. The van der Waals surface area contributed by atoms with E-state index in [1.54, 1.807) is 0 Å². The molecule has 1 aromatic carbocycles. The molecule has 0 saturated carbocycles. The zero-order chi connectivity index (χ0) is 16.8. The van der Waals surface area contributed by atoms with Crippen molar-refractivity contribution < 1.29 is 19.3 Å². The van der Waals surface area contributed by atoms with Gasteiger partial charge in [0.25, 0.3) is 0 Å². The molecule has 1 saturated heterocycles. The number of ether oxygens (including phenoxy) is 3. The Balaban J connectivity index is 1.32. The number of aliphatic hydroxyl groups is 1. The summed E-state index contributed by atoms with van der Waals surface area (Å²) in [6.07, 6.45) is -0.588. The lowest BCUT2D eigenvalue weighted by Crippen LogP contribution is -2.49. The van der Waals surface area contributed by atoms with Gasteiger partial charge in [-0.15, -0.1) is 0 Å². The first-order valence-electron chi connectivity index (χ1n) is 8.83. The molecule has 2 heterocycles. The Morgan fingerprint density at radius 1 is 1.17 bits per heavy atom. The maximum Gasteiger partial charge on any atom is 0.161 e. The molecular formula is C18H28N2O4. The number of nitrogens with zero attached hydrogens (tertiary/aromatic N) is 2. The van der Waals surface area contributed by atoms with Gasteiger partial charge in [0.2, 0.25) is 0 Å². The van der Waals surface area contributed by atoms with Crippen LogP contribution in [0.3, 0.4) is 0 Å². The van der Waals surface area contributed by atoms with Gasteiger partial charge in [-0.25, -0.2) is 0 Å². The maximum absolute atomic E-state index is 10.2. The summed E-state index contributed by atoms with van der Waals surface area (Å²) in [5, 5.41) is 10.2. The molecule has 0 aromatic heterocycles. The molecule has 0 amide bonds. The molecule has 0 bridgehead atoms. The van der Waals surface area contributed by atoms with Crippen molar-refractivity contribution in [1.82, 2.24) is 9.80 Å². The Morgan fingerprint density at radius 3 is 2.62 bits per heavy atom. The van der Waals surface area contributed by atoms with Crippen LogP contribution in [0.1, 0.15) is 6.92 Å². The number of benzene rings is 1. The van der Waals surface area contributed by atoms with Crippen LogP contribution in [-0.2, 0) is 4.74 Å². The Labute approximate surface area is 143 Å². The van der Waals surface area contributed by atoms with Crippen molar-refractivity contribution in [2.24, 2.45) is 0 Å². The SMILES string of the molecule is CCN1CCN(C[C@H](O)COC[C@H]2COc3ccccc3O2)CC1. The van der Waals surface area contributed by atoms with Crippen LogP contribution in [0.4, 0.5) is 0 Å². The van der Waals surface area contributed by atoms with Crippen molar-refractivity contribution in [2.75, 3.05) is 59.1 Å². The van der Waals surface area contributed by atoms with Gasteiger partial charge in [0.1, 0.15) is 6.61 Å². The first-order chi connectivity index (χ1) is 11.7. The van der Waals surface area contributed by atoms with E-state index in [2.05, 4.69) is 16.7 Å². The third kappa shape index (κ3) is 4.83. The van der Waals surface area contributed by atoms with E-state index < -0.39 is 6.10 Å². The van der Waals surface area contributed by atoms with Gasteiger partial charge in [0, 0.05) is 32.7 Å². The normalized spacial score (nSPS) is 23.2. The fourth-order valence-electron chi connectivity index (χ4n) is 3.12. The summed E-state index contributed by atoms with van der Waals surface area (Å²) in [6.45, 7) is 9.38. The van der Waals surface area contributed by atoms with Crippen LogP contribution in [0.2, 0.25) is 0 Å². The van der Waals surface area contributed by atoms with Crippen LogP contribution in [0.15, 0.2) is 24.3 Å². The summed E-state index contributed by atoms with van der Waals surface area (Å²) in [6, 6.07) is 7.64. The van der Waals surface area contributed by atoms with E-state index in [4.69, 9.17) is 14.2 Å². The smallest absolute Gasteiger partial charge is 0.161 e.